The van der Waals surface area contributed by atoms with E-state index in [1.54, 1.807) is 29.1 Å². The Morgan fingerprint density at radius 2 is 2.00 bits per heavy atom. The molecule has 0 fully saturated rings. The smallest absolute Gasteiger partial charge is 0.273 e. The maximum absolute atomic E-state index is 12.4. The van der Waals surface area contributed by atoms with Crippen LogP contribution in [-0.4, -0.2) is 20.6 Å². The van der Waals surface area contributed by atoms with E-state index < -0.39 is 10.8 Å². The maximum Gasteiger partial charge on any atom is 0.273 e. The fraction of sp³-hybridized carbons (Fsp3) is 0.111. The summed E-state index contributed by atoms with van der Waals surface area (Å²) in [5, 5.41) is 18.9. The Labute approximate surface area is 164 Å². The van der Waals surface area contributed by atoms with E-state index in [9.17, 15) is 14.9 Å². The van der Waals surface area contributed by atoms with Crippen molar-refractivity contribution in [1.82, 2.24) is 9.78 Å². The Hall–Kier alpha value is -2.90. The summed E-state index contributed by atoms with van der Waals surface area (Å²) in [5.74, 6) is -0.123. The number of aromatic nitrogens is 2. The van der Waals surface area contributed by atoms with Crippen molar-refractivity contribution in [3.05, 3.63) is 85.5 Å². The SMILES string of the molecule is Cc1c(C(=O)Nc2ccn(Cc3ccc(Cl)c(Cl)c3)n2)cccc1[N+](=O)[O-]. The minimum Gasteiger partial charge on any atom is -0.305 e. The van der Waals surface area contributed by atoms with Crippen LogP contribution in [0.15, 0.2) is 48.7 Å². The molecule has 7 nitrogen and oxygen atoms in total. The Morgan fingerprint density at radius 3 is 2.70 bits per heavy atom. The van der Waals surface area contributed by atoms with Gasteiger partial charge in [-0.1, -0.05) is 35.3 Å². The lowest BCUT2D eigenvalue weighted by atomic mass is 10.1. The van der Waals surface area contributed by atoms with E-state index in [1.807, 2.05) is 6.07 Å². The molecule has 138 valence electrons. The molecule has 1 heterocycles. The molecule has 1 amide bonds. The number of hydrogen-bond donors (Lipinski definition) is 1. The third kappa shape index (κ3) is 4.27. The molecule has 3 rings (SSSR count). The summed E-state index contributed by atoms with van der Waals surface area (Å²) in [6, 6.07) is 11.3. The highest BCUT2D eigenvalue weighted by Crippen LogP contribution is 2.24. The van der Waals surface area contributed by atoms with Crippen LogP contribution in [0.5, 0.6) is 0 Å². The van der Waals surface area contributed by atoms with Gasteiger partial charge in [0.1, 0.15) is 0 Å². The second kappa shape index (κ2) is 7.77. The fourth-order valence-corrected chi connectivity index (χ4v) is 2.91. The molecule has 0 aliphatic carbocycles. The van der Waals surface area contributed by atoms with Crippen LogP contribution in [0, 0.1) is 17.0 Å². The molecule has 0 aliphatic heterocycles. The number of nitrogens with one attached hydrogen (secondary N) is 1. The maximum atomic E-state index is 12.4. The molecule has 27 heavy (non-hydrogen) atoms. The Morgan fingerprint density at radius 1 is 1.22 bits per heavy atom. The summed E-state index contributed by atoms with van der Waals surface area (Å²) in [6.45, 7) is 1.98. The number of anilines is 1. The minimum atomic E-state index is -0.516. The topological polar surface area (TPSA) is 90.1 Å². The predicted molar refractivity (Wildman–Crippen MR) is 104 cm³/mol. The van der Waals surface area contributed by atoms with Crippen LogP contribution in [0.1, 0.15) is 21.5 Å². The van der Waals surface area contributed by atoms with Crippen molar-refractivity contribution in [1.29, 1.82) is 0 Å². The van der Waals surface area contributed by atoms with Gasteiger partial charge in [-0.3, -0.25) is 19.6 Å². The molecule has 0 spiro atoms. The van der Waals surface area contributed by atoms with Gasteiger partial charge in [-0.25, -0.2) is 0 Å². The number of carbonyl (C=O) groups excluding carboxylic acids is 1. The van der Waals surface area contributed by atoms with E-state index in [0.29, 0.717) is 28.0 Å². The summed E-state index contributed by atoms with van der Waals surface area (Å²) in [5.41, 5.74) is 1.33. The van der Waals surface area contributed by atoms with Crippen molar-refractivity contribution in [3.63, 3.8) is 0 Å². The first-order valence-corrected chi connectivity index (χ1v) is 8.63. The van der Waals surface area contributed by atoms with Crippen LogP contribution in [0.3, 0.4) is 0 Å². The highest BCUT2D eigenvalue weighted by molar-refractivity contribution is 6.42. The van der Waals surface area contributed by atoms with Gasteiger partial charge >= 0.3 is 0 Å². The largest absolute Gasteiger partial charge is 0.305 e. The lowest BCUT2D eigenvalue weighted by Crippen LogP contribution is -2.15. The molecule has 0 saturated heterocycles. The molecule has 0 radical (unpaired) electrons. The lowest BCUT2D eigenvalue weighted by molar-refractivity contribution is -0.385. The Balaban J connectivity index is 1.74. The monoisotopic (exact) mass is 404 g/mol. The molecule has 0 bridgehead atoms. The van der Waals surface area contributed by atoms with Crippen molar-refractivity contribution >= 4 is 40.6 Å². The average molecular weight is 405 g/mol. The molecule has 2 aromatic carbocycles. The average Bonchev–Trinajstić information content (AvgIpc) is 3.04. The summed E-state index contributed by atoms with van der Waals surface area (Å²) in [6.07, 6.45) is 1.71. The van der Waals surface area contributed by atoms with Crippen molar-refractivity contribution in [2.45, 2.75) is 13.5 Å². The summed E-state index contributed by atoms with van der Waals surface area (Å²) >= 11 is 11.9. The van der Waals surface area contributed by atoms with E-state index in [0.717, 1.165) is 5.56 Å². The quantitative estimate of drug-likeness (QED) is 0.492. The summed E-state index contributed by atoms with van der Waals surface area (Å²) < 4.78 is 1.63. The molecule has 1 N–H and O–H groups in total. The van der Waals surface area contributed by atoms with E-state index in [-0.39, 0.29) is 11.3 Å². The molecule has 1 aromatic heterocycles. The number of halogens is 2. The van der Waals surface area contributed by atoms with Crippen molar-refractivity contribution in [2.24, 2.45) is 0 Å². The van der Waals surface area contributed by atoms with Crippen molar-refractivity contribution in [3.8, 4) is 0 Å². The van der Waals surface area contributed by atoms with Crippen LogP contribution >= 0.6 is 23.2 Å². The van der Waals surface area contributed by atoms with Gasteiger partial charge in [0.25, 0.3) is 11.6 Å². The number of carbonyl (C=O) groups is 1. The minimum absolute atomic E-state index is 0.104. The molecule has 0 aliphatic rings. The van der Waals surface area contributed by atoms with Gasteiger partial charge in [-0.05, 0) is 30.7 Å². The van der Waals surface area contributed by atoms with Crippen LogP contribution < -0.4 is 5.32 Å². The number of benzene rings is 2. The number of amides is 1. The standard InChI is InChI=1S/C18H14Cl2N4O3/c1-11-13(3-2-4-16(11)24(26)27)18(25)21-17-7-8-23(22-17)10-12-5-6-14(19)15(20)9-12/h2-9H,10H2,1H3,(H,21,22,25). The predicted octanol–water partition coefficient (Wildman–Crippen LogP) is 4.71. The van der Waals surface area contributed by atoms with Gasteiger partial charge < -0.3 is 5.32 Å². The third-order valence-electron chi connectivity index (χ3n) is 3.96. The molecule has 0 unspecified atom stereocenters. The van der Waals surface area contributed by atoms with E-state index >= 15 is 0 Å². The number of hydrogen-bond acceptors (Lipinski definition) is 4. The van der Waals surface area contributed by atoms with Crippen LogP contribution in [-0.2, 0) is 6.54 Å². The summed E-state index contributed by atoms with van der Waals surface area (Å²) in [4.78, 5) is 22.9. The summed E-state index contributed by atoms with van der Waals surface area (Å²) in [7, 11) is 0. The molecule has 9 heteroatoms. The van der Waals surface area contributed by atoms with Crippen LogP contribution in [0.25, 0.3) is 0 Å². The molecular formula is C18H14Cl2N4O3. The second-order valence-corrected chi connectivity index (χ2v) is 6.62. The van der Waals surface area contributed by atoms with Gasteiger partial charge in [0.15, 0.2) is 5.82 Å². The first-order chi connectivity index (χ1) is 12.8. The van der Waals surface area contributed by atoms with Crippen LogP contribution in [0.2, 0.25) is 10.0 Å². The van der Waals surface area contributed by atoms with Crippen molar-refractivity contribution < 1.29 is 9.72 Å². The van der Waals surface area contributed by atoms with Gasteiger partial charge in [0.05, 0.1) is 21.5 Å². The van der Waals surface area contributed by atoms with E-state index in [1.165, 1.54) is 25.1 Å². The van der Waals surface area contributed by atoms with Gasteiger partial charge in [0.2, 0.25) is 0 Å². The number of nitrogens with zero attached hydrogens (tertiary/aromatic N) is 3. The molecule has 0 saturated carbocycles. The first kappa shape index (κ1) is 18.9. The number of nitro groups is 1. The number of nitro benzene ring substituents is 1. The van der Waals surface area contributed by atoms with Crippen molar-refractivity contribution in [2.75, 3.05) is 5.32 Å². The molecule has 0 atom stereocenters. The van der Waals surface area contributed by atoms with E-state index in [2.05, 4.69) is 10.4 Å². The Bertz CT molecular complexity index is 1030. The zero-order valence-electron chi connectivity index (χ0n) is 14.1. The van der Waals surface area contributed by atoms with Gasteiger partial charge in [-0.15, -0.1) is 0 Å². The van der Waals surface area contributed by atoms with E-state index in [4.69, 9.17) is 23.2 Å². The van der Waals surface area contributed by atoms with Crippen LogP contribution in [0.4, 0.5) is 11.5 Å². The second-order valence-electron chi connectivity index (χ2n) is 5.81. The lowest BCUT2D eigenvalue weighted by Gasteiger charge is -2.06. The Kier molecular flexibility index (Phi) is 5.43. The third-order valence-corrected chi connectivity index (χ3v) is 4.70. The zero-order chi connectivity index (χ0) is 19.6. The normalized spacial score (nSPS) is 10.6. The fourth-order valence-electron chi connectivity index (χ4n) is 2.59. The van der Waals surface area contributed by atoms with Gasteiger partial charge in [-0.2, -0.15) is 5.10 Å². The zero-order valence-corrected chi connectivity index (χ0v) is 15.7. The number of rotatable bonds is 5. The van der Waals surface area contributed by atoms with Gasteiger partial charge in [0, 0.05) is 29.5 Å². The highest BCUT2D eigenvalue weighted by Gasteiger charge is 2.18. The molecular weight excluding hydrogens is 391 g/mol. The highest BCUT2D eigenvalue weighted by atomic mass is 35.5. The first-order valence-electron chi connectivity index (χ1n) is 7.88. The molecule has 3 aromatic rings.